The van der Waals surface area contributed by atoms with Gasteiger partial charge in [-0.25, -0.2) is 0 Å². The van der Waals surface area contributed by atoms with Gasteiger partial charge < -0.3 is 15.2 Å². The number of carbonyl (C=O) groups excluding carboxylic acids is 1. The Morgan fingerprint density at radius 1 is 1.58 bits per heavy atom. The third-order valence-electron chi connectivity index (χ3n) is 2.05. The third kappa shape index (κ3) is 2.19. The Hall–Kier alpha value is -0.610. The molecule has 2 unspecified atom stereocenters. The highest BCUT2D eigenvalue weighted by Gasteiger charge is 2.26. The minimum absolute atomic E-state index is 0.0429. The van der Waals surface area contributed by atoms with E-state index in [1.807, 2.05) is 0 Å². The molecule has 0 aromatic heterocycles. The van der Waals surface area contributed by atoms with Crippen molar-refractivity contribution in [1.29, 1.82) is 0 Å². The van der Waals surface area contributed by atoms with Crippen LogP contribution in [0.3, 0.4) is 0 Å². The Morgan fingerprint density at radius 2 is 2.17 bits per heavy atom. The van der Waals surface area contributed by atoms with Gasteiger partial charge in [-0.1, -0.05) is 6.92 Å². The van der Waals surface area contributed by atoms with Crippen molar-refractivity contribution in [3.8, 4) is 0 Å². The lowest BCUT2D eigenvalue weighted by atomic mass is 10.1. The van der Waals surface area contributed by atoms with E-state index in [0.29, 0.717) is 13.2 Å². The lowest BCUT2D eigenvalue weighted by Crippen LogP contribution is -2.41. The normalized spacial score (nSPS) is 22.6. The third-order valence-corrected chi connectivity index (χ3v) is 2.05. The van der Waals surface area contributed by atoms with E-state index in [1.54, 1.807) is 13.8 Å². The van der Waals surface area contributed by atoms with Gasteiger partial charge in [0, 0.05) is 6.04 Å². The molecule has 0 aromatic carbocycles. The zero-order chi connectivity index (χ0) is 9.14. The highest BCUT2D eigenvalue weighted by molar-refractivity contribution is 5.73. The molecule has 2 N–H and O–H groups in total. The fraction of sp³-hybridized carbons (Fsp3) is 0.875. The van der Waals surface area contributed by atoms with Gasteiger partial charge >= 0.3 is 5.97 Å². The summed E-state index contributed by atoms with van der Waals surface area (Å²) in [5.74, 6) is -0.455. The van der Waals surface area contributed by atoms with Crippen LogP contribution in [0.2, 0.25) is 0 Å². The van der Waals surface area contributed by atoms with Crippen LogP contribution >= 0.6 is 0 Å². The van der Waals surface area contributed by atoms with Crippen molar-refractivity contribution in [3.05, 3.63) is 0 Å². The molecule has 1 fully saturated rings. The van der Waals surface area contributed by atoms with Gasteiger partial charge in [0.05, 0.1) is 19.1 Å². The summed E-state index contributed by atoms with van der Waals surface area (Å²) in [6, 6.07) is -0.154. The number of rotatable bonds is 3. The first-order chi connectivity index (χ1) is 5.61. The number of hydrogen-bond acceptors (Lipinski definition) is 4. The van der Waals surface area contributed by atoms with Crippen LogP contribution in [0.4, 0.5) is 0 Å². The lowest BCUT2D eigenvalue weighted by Gasteiger charge is -2.27. The molecule has 2 atom stereocenters. The maximum absolute atomic E-state index is 11.2. The highest BCUT2D eigenvalue weighted by Crippen LogP contribution is 2.10. The Balaban J connectivity index is 2.26. The molecule has 0 radical (unpaired) electrons. The monoisotopic (exact) mass is 173 g/mol. The second-order valence-corrected chi connectivity index (χ2v) is 3.24. The van der Waals surface area contributed by atoms with Crippen molar-refractivity contribution in [1.82, 2.24) is 0 Å². The predicted octanol–water partition coefficient (Wildman–Crippen LogP) is -0.0883. The summed E-state index contributed by atoms with van der Waals surface area (Å²) in [7, 11) is 0. The molecule has 1 aliphatic rings. The molecule has 1 aliphatic heterocycles. The van der Waals surface area contributed by atoms with Crippen LogP contribution in [-0.2, 0) is 14.3 Å². The maximum Gasteiger partial charge on any atom is 0.310 e. The van der Waals surface area contributed by atoms with E-state index in [0.717, 1.165) is 0 Å². The quantitative estimate of drug-likeness (QED) is 0.606. The SMILES string of the molecule is CC(N)C(C)C(=O)OC1COC1. The van der Waals surface area contributed by atoms with Crippen LogP contribution in [0.5, 0.6) is 0 Å². The maximum atomic E-state index is 11.2. The number of esters is 1. The number of nitrogens with two attached hydrogens (primary N) is 1. The van der Waals surface area contributed by atoms with Gasteiger partial charge in [-0.2, -0.15) is 0 Å². The van der Waals surface area contributed by atoms with E-state index in [2.05, 4.69) is 0 Å². The highest BCUT2D eigenvalue weighted by atomic mass is 16.6. The average molecular weight is 173 g/mol. The van der Waals surface area contributed by atoms with Crippen molar-refractivity contribution < 1.29 is 14.3 Å². The molecular formula is C8H15NO3. The number of carbonyl (C=O) groups is 1. The van der Waals surface area contributed by atoms with Crippen molar-refractivity contribution >= 4 is 5.97 Å². The molecule has 0 aromatic rings. The van der Waals surface area contributed by atoms with Gasteiger partial charge in [-0.15, -0.1) is 0 Å². The number of hydrogen-bond donors (Lipinski definition) is 1. The minimum atomic E-state index is -0.231. The first-order valence-corrected chi connectivity index (χ1v) is 4.15. The minimum Gasteiger partial charge on any atom is -0.457 e. The Morgan fingerprint density at radius 3 is 2.50 bits per heavy atom. The molecule has 1 heterocycles. The molecule has 0 saturated carbocycles. The average Bonchev–Trinajstić information content (AvgIpc) is 1.94. The second-order valence-electron chi connectivity index (χ2n) is 3.24. The summed E-state index contributed by atoms with van der Waals surface area (Å²) in [6.45, 7) is 4.62. The molecule has 0 aliphatic carbocycles. The van der Waals surface area contributed by atoms with Crippen LogP contribution in [0.1, 0.15) is 13.8 Å². The molecule has 0 amide bonds. The Bertz CT molecular complexity index is 166. The van der Waals surface area contributed by atoms with Gasteiger partial charge in [0.15, 0.2) is 0 Å². The van der Waals surface area contributed by atoms with Gasteiger partial charge in [0.25, 0.3) is 0 Å². The van der Waals surface area contributed by atoms with Crippen molar-refractivity contribution in [2.75, 3.05) is 13.2 Å². The molecule has 1 rings (SSSR count). The molecule has 0 bridgehead atoms. The molecule has 12 heavy (non-hydrogen) atoms. The smallest absolute Gasteiger partial charge is 0.310 e. The fourth-order valence-corrected chi connectivity index (χ4v) is 0.768. The second kappa shape index (κ2) is 3.87. The van der Waals surface area contributed by atoms with Crippen LogP contribution in [0.25, 0.3) is 0 Å². The van der Waals surface area contributed by atoms with E-state index in [-0.39, 0.29) is 24.0 Å². The Kier molecular flexibility index (Phi) is 3.05. The van der Waals surface area contributed by atoms with Crippen molar-refractivity contribution in [3.63, 3.8) is 0 Å². The van der Waals surface area contributed by atoms with Gasteiger partial charge in [-0.3, -0.25) is 4.79 Å². The van der Waals surface area contributed by atoms with Crippen LogP contribution in [0.15, 0.2) is 0 Å². The molecular weight excluding hydrogens is 158 g/mol. The molecule has 4 heteroatoms. The van der Waals surface area contributed by atoms with Gasteiger partial charge in [0.1, 0.15) is 6.10 Å². The topological polar surface area (TPSA) is 61.6 Å². The van der Waals surface area contributed by atoms with Crippen molar-refractivity contribution in [2.45, 2.75) is 26.0 Å². The van der Waals surface area contributed by atoms with Crippen LogP contribution < -0.4 is 5.73 Å². The lowest BCUT2D eigenvalue weighted by molar-refractivity contribution is -0.176. The summed E-state index contributed by atoms with van der Waals surface area (Å²) < 4.78 is 9.93. The number of ether oxygens (including phenoxy) is 2. The molecule has 70 valence electrons. The zero-order valence-corrected chi connectivity index (χ0v) is 7.45. The van der Waals surface area contributed by atoms with E-state index >= 15 is 0 Å². The van der Waals surface area contributed by atoms with Gasteiger partial charge in [0.2, 0.25) is 0 Å². The molecule has 1 saturated heterocycles. The Labute approximate surface area is 72.0 Å². The van der Waals surface area contributed by atoms with Crippen LogP contribution in [0, 0.1) is 5.92 Å². The van der Waals surface area contributed by atoms with Gasteiger partial charge in [-0.05, 0) is 6.92 Å². The summed E-state index contributed by atoms with van der Waals surface area (Å²) in [4.78, 5) is 11.2. The summed E-state index contributed by atoms with van der Waals surface area (Å²) in [5.41, 5.74) is 5.54. The standard InChI is InChI=1S/C8H15NO3/c1-5(6(2)9)8(10)12-7-3-11-4-7/h5-7H,3-4,9H2,1-2H3. The summed E-state index contributed by atoms with van der Waals surface area (Å²) >= 11 is 0. The molecule has 4 nitrogen and oxygen atoms in total. The zero-order valence-electron chi connectivity index (χ0n) is 7.45. The summed E-state index contributed by atoms with van der Waals surface area (Å²) in [5, 5.41) is 0. The summed E-state index contributed by atoms with van der Waals surface area (Å²) in [6.07, 6.45) is -0.0429. The van der Waals surface area contributed by atoms with Crippen LogP contribution in [-0.4, -0.2) is 31.3 Å². The molecule has 0 spiro atoms. The largest absolute Gasteiger partial charge is 0.457 e. The van der Waals surface area contributed by atoms with E-state index in [4.69, 9.17) is 15.2 Å². The predicted molar refractivity (Wildman–Crippen MR) is 43.5 cm³/mol. The first-order valence-electron chi connectivity index (χ1n) is 4.15. The van der Waals surface area contributed by atoms with E-state index in [1.165, 1.54) is 0 Å². The fourth-order valence-electron chi connectivity index (χ4n) is 0.768. The van der Waals surface area contributed by atoms with E-state index < -0.39 is 0 Å². The van der Waals surface area contributed by atoms with E-state index in [9.17, 15) is 4.79 Å². The first kappa shape index (κ1) is 9.48. The van der Waals surface area contributed by atoms with Crippen molar-refractivity contribution in [2.24, 2.45) is 11.7 Å².